The molecule has 2 aromatic heterocycles. The Bertz CT molecular complexity index is 1730. The lowest BCUT2D eigenvalue weighted by Gasteiger charge is -2.37. The first kappa shape index (κ1) is 22.3. The van der Waals surface area contributed by atoms with Crippen LogP contribution in [0.15, 0.2) is 77.2 Å². The smallest absolute Gasteiger partial charge is 0.331 e. The Balaban J connectivity index is 1.40. The minimum Gasteiger partial charge on any atom is -0.456 e. The number of benzene rings is 4. The number of aromatic nitrogens is 1. The molecule has 6 rings (SSSR count). The molecule has 0 amide bonds. The van der Waals surface area contributed by atoms with Crippen molar-refractivity contribution in [2.24, 2.45) is 0 Å². The Kier molecular flexibility index (Phi) is 5.04. The lowest BCUT2D eigenvalue weighted by molar-refractivity contribution is -0.0893. The third-order valence-electron chi connectivity index (χ3n) is 6.98. The quantitative estimate of drug-likeness (QED) is 0.276. The summed E-state index contributed by atoms with van der Waals surface area (Å²) in [5.74, 6) is 0. The van der Waals surface area contributed by atoms with E-state index >= 15 is 0 Å². The number of hydrogen-bond donors (Lipinski definition) is 1. The highest BCUT2D eigenvalue weighted by Gasteiger charge is 2.35. The van der Waals surface area contributed by atoms with Gasteiger partial charge in [-0.05, 0) is 68.2 Å². The molecule has 1 radical (unpaired) electrons. The van der Waals surface area contributed by atoms with E-state index in [1.165, 1.54) is 10.8 Å². The van der Waals surface area contributed by atoms with E-state index in [1.54, 1.807) is 32.7 Å². The molecule has 0 unspecified atom stereocenters. The molecule has 0 fully saturated rings. The van der Waals surface area contributed by atoms with Gasteiger partial charge in [-0.15, -0.1) is 11.3 Å². The predicted molar refractivity (Wildman–Crippen MR) is 147 cm³/mol. The Morgan fingerprint density at radius 3 is 2.49 bits per heavy atom. The van der Waals surface area contributed by atoms with E-state index in [9.17, 15) is 5.11 Å². The van der Waals surface area contributed by atoms with E-state index < -0.39 is 11.2 Å². The summed E-state index contributed by atoms with van der Waals surface area (Å²) in [4.78, 5) is 5.06. The number of furan rings is 1. The Morgan fingerprint density at radius 1 is 0.886 bits per heavy atom. The average Bonchev–Trinajstić information content (AvgIpc) is 3.42. The van der Waals surface area contributed by atoms with Gasteiger partial charge in [0.15, 0.2) is 0 Å². The molecule has 0 aliphatic rings. The van der Waals surface area contributed by atoms with Crippen LogP contribution in [0.2, 0.25) is 0 Å². The van der Waals surface area contributed by atoms with Gasteiger partial charge in [0.2, 0.25) is 0 Å². The maximum absolute atomic E-state index is 10.4. The van der Waals surface area contributed by atoms with Crippen LogP contribution in [-0.4, -0.2) is 28.8 Å². The summed E-state index contributed by atoms with van der Waals surface area (Å²) in [7, 11) is 1.68. The molecule has 0 atom stereocenters. The van der Waals surface area contributed by atoms with Crippen molar-refractivity contribution in [1.82, 2.24) is 4.98 Å². The van der Waals surface area contributed by atoms with Crippen molar-refractivity contribution in [3.8, 4) is 10.6 Å². The lowest BCUT2D eigenvalue weighted by Crippen LogP contribution is -2.49. The van der Waals surface area contributed by atoms with Crippen LogP contribution in [0, 0.1) is 0 Å². The lowest BCUT2D eigenvalue weighted by atomic mass is 9.82. The number of aliphatic hydroxyl groups is 1. The zero-order chi connectivity index (χ0) is 24.4. The predicted octanol–water partition coefficient (Wildman–Crippen LogP) is 6.83. The van der Waals surface area contributed by atoms with Gasteiger partial charge < -0.3 is 14.2 Å². The third kappa shape index (κ3) is 3.82. The molecule has 4 nitrogen and oxygen atoms in total. The molecule has 1 N–H and O–H groups in total. The van der Waals surface area contributed by atoms with Crippen molar-refractivity contribution in [1.29, 1.82) is 0 Å². The van der Waals surface area contributed by atoms with Gasteiger partial charge in [-0.3, -0.25) is 0 Å². The molecule has 173 valence electrons. The SMILES string of the molecule is CC(C)(O)C(C)(C)O[B]c1ccc2c(c1)oc1ccc3sc(-c4ccc5ccccc5c4)nc3c12. The molecule has 0 saturated carbocycles. The standard InChI is InChI=1S/C29H25BNO3S/c1-28(2,32)29(3,4)34-30-20-11-12-21-23(16-20)33-22-13-14-24-26(25(21)22)31-27(35-24)19-10-9-17-7-5-6-8-18(17)15-19/h5-16,32H,1-4H3. The number of rotatable bonds is 5. The Hall–Kier alpha value is -3.19. The fraction of sp³-hybridized carbons (Fsp3) is 0.207. The molecule has 0 aliphatic carbocycles. The highest BCUT2D eigenvalue weighted by Crippen LogP contribution is 2.39. The van der Waals surface area contributed by atoms with Crippen molar-refractivity contribution in [2.45, 2.75) is 38.9 Å². The van der Waals surface area contributed by atoms with E-state index in [0.29, 0.717) is 0 Å². The molecular formula is C29H25BNO3S. The second-order valence-electron chi connectivity index (χ2n) is 10.0. The fourth-order valence-corrected chi connectivity index (χ4v) is 5.12. The zero-order valence-electron chi connectivity index (χ0n) is 20.1. The monoisotopic (exact) mass is 478 g/mol. The summed E-state index contributed by atoms with van der Waals surface area (Å²) in [6.45, 7) is 7.23. The van der Waals surface area contributed by atoms with Crippen LogP contribution in [0.25, 0.3) is 53.5 Å². The van der Waals surface area contributed by atoms with Crippen molar-refractivity contribution >= 4 is 67.2 Å². The third-order valence-corrected chi connectivity index (χ3v) is 8.05. The summed E-state index contributed by atoms with van der Waals surface area (Å²) >= 11 is 1.70. The fourth-order valence-electron chi connectivity index (χ4n) is 4.15. The van der Waals surface area contributed by atoms with Gasteiger partial charge >= 0.3 is 7.48 Å². The van der Waals surface area contributed by atoms with Gasteiger partial charge in [0.05, 0.1) is 26.8 Å². The topological polar surface area (TPSA) is 55.5 Å². The average molecular weight is 478 g/mol. The molecule has 6 heteroatoms. The largest absolute Gasteiger partial charge is 0.456 e. The first-order chi connectivity index (χ1) is 16.7. The summed E-state index contributed by atoms with van der Waals surface area (Å²) in [5.41, 5.74) is 2.84. The summed E-state index contributed by atoms with van der Waals surface area (Å²) in [6, 6.07) is 25.0. The highest BCUT2D eigenvalue weighted by molar-refractivity contribution is 7.21. The van der Waals surface area contributed by atoms with E-state index in [1.807, 2.05) is 32.0 Å². The van der Waals surface area contributed by atoms with Crippen molar-refractivity contribution in [3.05, 3.63) is 72.8 Å². The minimum atomic E-state index is -0.980. The maximum Gasteiger partial charge on any atom is 0.331 e. The van der Waals surface area contributed by atoms with E-state index in [-0.39, 0.29) is 0 Å². The normalized spacial score (nSPS) is 12.8. The Morgan fingerprint density at radius 2 is 1.69 bits per heavy atom. The van der Waals surface area contributed by atoms with Crippen LogP contribution < -0.4 is 5.46 Å². The minimum absolute atomic E-state index is 0.734. The summed E-state index contributed by atoms with van der Waals surface area (Å²) in [5, 5.41) is 15.9. The van der Waals surface area contributed by atoms with Crippen molar-refractivity contribution in [2.75, 3.05) is 0 Å². The molecule has 0 bridgehead atoms. The molecule has 4 aromatic carbocycles. The van der Waals surface area contributed by atoms with E-state index in [0.717, 1.165) is 48.2 Å². The number of thiazole rings is 1. The molecule has 0 aliphatic heterocycles. The van der Waals surface area contributed by atoms with Gasteiger partial charge in [-0.1, -0.05) is 48.5 Å². The molecule has 6 aromatic rings. The highest BCUT2D eigenvalue weighted by atomic mass is 32.1. The number of nitrogens with zero attached hydrogens (tertiary/aromatic N) is 1. The number of hydrogen-bond acceptors (Lipinski definition) is 5. The molecule has 35 heavy (non-hydrogen) atoms. The van der Waals surface area contributed by atoms with Crippen LogP contribution in [0.3, 0.4) is 0 Å². The zero-order valence-corrected chi connectivity index (χ0v) is 20.9. The van der Waals surface area contributed by atoms with Crippen LogP contribution in [0.4, 0.5) is 0 Å². The van der Waals surface area contributed by atoms with Gasteiger partial charge in [0.25, 0.3) is 0 Å². The van der Waals surface area contributed by atoms with Crippen LogP contribution in [-0.2, 0) is 4.65 Å². The Labute approximate surface area is 208 Å². The van der Waals surface area contributed by atoms with Crippen LogP contribution in [0.5, 0.6) is 0 Å². The second-order valence-corrected chi connectivity index (χ2v) is 11.1. The van der Waals surface area contributed by atoms with Crippen LogP contribution in [0.1, 0.15) is 27.7 Å². The summed E-state index contributed by atoms with van der Waals surface area (Å²) in [6.07, 6.45) is 0. The first-order valence-electron chi connectivity index (χ1n) is 11.7. The van der Waals surface area contributed by atoms with Crippen molar-refractivity contribution < 1.29 is 14.2 Å². The van der Waals surface area contributed by atoms with Gasteiger partial charge in [0, 0.05) is 10.9 Å². The van der Waals surface area contributed by atoms with E-state index in [2.05, 4.69) is 54.6 Å². The van der Waals surface area contributed by atoms with Gasteiger partial charge in [-0.25, -0.2) is 4.98 Å². The number of fused-ring (bicyclic) bond motifs is 6. The maximum atomic E-state index is 10.4. The summed E-state index contributed by atoms with van der Waals surface area (Å²) < 4.78 is 13.3. The molecule has 0 saturated heterocycles. The van der Waals surface area contributed by atoms with Crippen LogP contribution >= 0.6 is 11.3 Å². The van der Waals surface area contributed by atoms with Crippen molar-refractivity contribution in [3.63, 3.8) is 0 Å². The van der Waals surface area contributed by atoms with Gasteiger partial charge in [0.1, 0.15) is 16.2 Å². The first-order valence-corrected chi connectivity index (χ1v) is 12.5. The molecule has 0 spiro atoms. The molecular weight excluding hydrogens is 453 g/mol. The van der Waals surface area contributed by atoms with E-state index in [4.69, 9.17) is 14.1 Å². The second kappa shape index (κ2) is 7.92. The molecule has 2 heterocycles. The van der Waals surface area contributed by atoms with Gasteiger partial charge in [-0.2, -0.15) is 0 Å².